The molecule has 0 radical (unpaired) electrons. The Morgan fingerprint density at radius 1 is 1.35 bits per heavy atom. The zero-order valence-corrected chi connectivity index (χ0v) is 13.8. The zero-order chi connectivity index (χ0) is 16.2. The molecule has 0 saturated carbocycles. The molecule has 0 aromatic carbocycles. The number of nitrogens with one attached hydrogen (secondary N) is 1. The third-order valence-electron chi connectivity index (χ3n) is 5.20. The molecule has 3 aliphatic rings. The molecule has 2 amide bonds. The van der Waals surface area contributed by atoms with E-state index in [0.29, 0.717) is 19.7 Å². The predicted molar refractivity (Wildman–Crippen MR) is 83.9 cm³/mol. The Morgan fingerprint density at radius 2 is 2.13 bits per heavy atom. The van der Waals surface area contributed by atoms with E-state index < -0.39 is 0 Å². The molecule has 0 bridgehead atoms. The Bertz CT molecular complexity index is 439. The Hall–Kier alpha value is -1.18. The van der Waals surface area contributed by atoms with Crippen molar-refractivity contribution in [1.29, 1.82) is 0 Å². The maximum Gasteiger partial charge on any atom is 0.249 e. The second-order valence-electron chi connectivity index (χ2n) is 6.59. The van der Waals surface area contributed by atoms with Crippen molar-refractivity contribution in [1.82, 2.24) is 15.1 Å². The van der Waals surface area contributed by atoms with Crippen LogP contribution in [0.15, 0.2) is 0 Å². The van der Waals surface area contributed by atoms with E-state index in [1.165, 1.54) is 0 Å². The van der Waals surface area contributed by atoms with Crippen molar-refractivity contribution >= 4 is 11.8 Å². The highest BCUT2D eigenvalue weighted by Gasteiger charge is 2.42. The largest absolute Gasteiger partial charge is 0.383 e. The van der Waals surface area contributed by atoms with Crippen molar-refractivity contribution in [3.8, 4) is 0 Å². The summed E-state index contributed by atoms with van der Waals surface area (Å²) in [6.45, 7) is 4.37. The van der Waals surface area contributed by atoms with E-state index in [9.17, 15) is 9.59 Å². The van der Waals surface area contributed by atoms with Crippen LogP contribution >= 0.6 is 0 Å². The van der Waals surface area contributed by atoms with Crippen LogP contribution in [0.4, 0.5) is 0 Å². The highest BCUT2D eigenvalue weighted by atomic mass is 16.5. The average molecular weight is 325 g/mol. The summed E-state index contributed by atoms with van der Waals surface area (Å²) in [5, 5.41) is 3.30. The normalized spacial score (nSPS) is 29.5. The van der Waals surface area contributed by atoms with E-state index in [0.717, 1.165) is 38.9 Å². The molecule has 23 heavy (non-hydrogen) atoms. The Balaban J connectivity index is 1.65. The molecule has 0 unspecified atom stereocenters. The first kappa shape index (κ1) is 16.7. The van der Waals surface area contributed by atoms with Gasteiger partial charge in [-0.05, 0) is 32.4 Å². The minimum absolute atomic E-state index is 0.000495. The maximum atomic E-state index is 12.8. The molecule has 3 heterocycles. The lowest BCUT2D eigenvalue weighted by Crippen LogP contribution is -2.63. The van der Waals surface area contributed by atoms with Gasteiger partial charge in [-0.2, -0.15) is 0 Å². The van der Waals surface area contributed by atoms with Crippen LogP contribution in [0, 0.1) is 5.92 Å². The van der Waals surface area contributed by atoms with Crippen molar-refractivity contribution in [3.63, 3.8) is 0 Å². The van der Waals surface area contributed by atoms with Gasteiger partial charge >= 0.3 is 0 Å². The molecule has 0 aromatic heterocycles. The number of fused-ring (bicyclic) bond motifs is 1. The maximum absolute atomic E-state index is 12.8. The van der Waals surface area contributed by atoms with Gasteiger partial charge in [-0.25, -0.2) is 0 Å². The van der Waals surface area contributed by atoms with Crippen molar-refractivity contribution < 1.29 is 19.1 Å². The summed E-state index contributed by atoms with van der Waals surface area (Å²) in [6, 6.07) is -0.0363. The fraction of sp³-hybridized carbons (Fsp3) is 0.875. The molecule has 3 rings (SSSR count). The van der Waals surface area contributed by atoms with Crippen LogP contribution in [0.5, 0.6) is 0 Å². The molecule has 0 aromatic rings. The molecular weight excluding hydrogens is 298 g/mol. The fourth-order valence-electron chi connectivity index (χ4n) is 3.86. The van der Waals surface area contributed by atoms with E-state index in [1.54, 1.807) is 7.11 Å². The number of hydrogen-bond acceptors (Lipinski definition) is 5. The van der Waals surface area contributed by atoms with Crippen LogP contribution in [-0.2, 0) is 19.1 Å². The monoisotopic (exact) mass is 325 g/mol. The van der Waals surface area contributed by atoms with Gasteiger partial charge in [0.25, 0.3) is 0 Å². The molecule has 3 fully saturated rings. The number of ether oxygens (including phenoxy) is 2. The molecule has 0 spiro atoms. The number of methoxy groups -OCH3 is 1. The van der Waals surface area contributed by atoms with Crippen LogP contribution in [0.2, 0.25) is 0 Å². The van der Waals surface area contributed by atoms with Crippen molar-refractivity contribution in [2.24, 2.45) is 5.92 Å². The molecule has 130 valence electrons. The Labute approximate surface area is 137 Å². The Kier molecular flexibility index (Phi) is 5.50. The number of hydrogen-bond donors (Lipinski definition) is 1. The van der Waals surface area contributed by atoms with E-state index in [2.05, 4.69) is 5.32 Å². The van der Waals surface area contributed by atoms with Gasteiger partial charge in [0.1, 0.15) is 6.61 Å². The number of amides is 2. The van der Waals surface area contributed by atoms with E-state index >= 15 is 0 Å². The number of carbonyl (C=O) groups excluding carboxylic acids is 2. The van der Waals surface area contributed by atoms with Gasteiger partial charge < -0.3 is 24.6 Å². The molecule has 1 N–H and O–H groups in total. The van der Waals surface area contributed by atoms with Crippen LogP contribution in [0.25, 0.3) is 0 Å². The van der Waals surface area contributed by atoms with Crippen LogP contribution < -0.4 is 5.32 Å². The first-order valence-corrected chi connectivity index (χ1v) is 8.60. The number of carbonyl (C=O) groups is 2. The van der Waals surface area contributed by atoms with Gasteiger partial charge in [0.15, 0.2) is 0 Å². The third-order valence-corrected chi connectivity index (χ3v) is 5.20. The van der Waals surface area contributed by atoms with Gasteiger partial charge in [-0.1, -0.05) is 0 Å². The lowest BCUT2D eigenvalue weighted by Gasteiger charge is -2.47. The molecular formula is C16H27N3O4. The predicted octanol–water partition coefficient (Wildman–Crippen LogP) is -0.539. The second kappa shape index (κ2) is 7.59. The number of morpholine rings is 1. The molecule has 7 heteroatoms. The smallest absolute Gasteiger partial charge is 0.249 e. The van der Waals surface area contributed by atoms with Crippen LogP contribution in [0.3, 0.4) is 0 Å². The fourth-order valence-corrected chi connectivity index (χ4v) is 3.86. The average Bonchev–Trinajstić information content (AvgIpc) is 2.60. The molecule has 2 atom stereocenters. The first-order chi connectivity index (χ1) is 11.2. The summed E-state index contributed by atoms with van der Waals surface area (Å²) in [5.74, 6) is 0.370. The van der Waals surface area contributed by atoms with E-state index in [-0.39, 0.29) is 36.5 Å². The van der Waals surface area contributed by atoms with Crippen LogP contribution in [-0.4, -0.2) is 86.8 Å². The SMILES string of the molecule is COCCN1C(=O)CO[C@@H]2CCN(C(=O)C3CCNCC3)C[C@@H]21. The quantitative estimate of drug-likeness (QED) is 0.752. The number of rotatable bonds is 4. The molecule has 0 aliphatic carbocycles. The van der Waals surface area contributed by atoms with E-state index in [4.69, 9.17) is 9.47 Å². The summed E-state index contributed by atoms with van der Waals surface area (Å²) in [5.41, 5.74) is 0. The summed E-state index contributed by atoms with van der Waals surface area (Å²) < 4.78 is 10.8. The first-order valence-electron chi connectivity index (χ1n) is 8.60. The second-order valence-corrected chi connectivity index (χ2v) is 6.59. The van der Waals surface area contributed by atoms with E-state index in [1.807, 2.05) is 9.80 Å². The van der Waals surface area contributed by atoms with Gasteiger partial charge in [0, 0.05) is 32.7 Å². The summed E-state index contributed by atoms with van der Waals surface area (Å²) in [7, 11) is 1.64. The van der Waals surface area contributed by atoms with Crippen molar-refractivity contribution in [3.05, 3.63) is 0 Å². The lowest BCUT2D eigenvalue weighted by molar-refractivity contribution is -0.168. The molecule has 3 aliphatic heterocycles. The van der Waals surface area contributed by atoms with Gasteiger partial charge in [-0.15, -0.1) is 0 Å². The zero-order valence-electron chi connectivity index (χ0n) is 13.8. The van der Waals surface area contributed by atoms with Gasteiger partial charge in [0.05, 0.1) is 18.8 Å². The highest BCUT2D eigenvalue weighted by molar-refractivity contribution is 5.80. The number of piperidine rings is 2. The van der Waals surface area contributed by atoms with Gasteiger partial charge in [0.2, 0.25) is 11.8 Å². The Morgan fingerprint density at radius 3 is 2.87 bits per heavy atom. The summed E-state index contributed by atoms with van der Waals surface area (Å²) >= 11 is 0. The molecule has 3 saturated heterocycles. The lowest BCUT2D eigenvalue weighted by atomic mass is 9.93. The minimum Gasteiger partial charge on any atom is -0.383 e. The van der Waals surface area contributed by atoms with Crippen molar-refractivity contribution in [2.45, 2.75) is 31.4 Å². The topological polar surface area (TPSA) is 71.1 Å². The standard InChI is InChI=1S/C16H27N3O4/c1-22-9-8-19-13-10-18(7-4-14(13)23-11-15(19)20)16(21)12-2-5-17-6-3-12/h12-14,17H,2-11H2,1H3/t13-,14+/m0/s1. The highest BCUT2D eigenvalue weighted by Crippen LogP contribution is 2.26. The minimum atomic E-state index is -0.0363. The van der Waals surface area contributed by atoms with Crippen LogP contribution in [0.1, 0.15) is 19.3 Å². The summed E-state index contributed by atoms with van der Waals surface area (Å²) in [4.78, 5) is 28.7. The van der Waals surface area contributed by atoms with Gasteiger partial charge in [-0.3, -0.25) is 9.59 Å². The van der Waals surface area contributed by atoms with Crippen molar-refractivity contribution in [2.75, 3.05) is 53.0 Å². The number of likely N-dealkylation sites (tertiary alicyclic amines) is 1. The number of nitrogens with zero attached hydrogens (tertiary/aromatic N) is 2. The molecule has 7 nitrogen and oxygen atoms in total. The third kappa shape index (κ3) is 3.67. The summed E-state index contributed by atoms with van der Waals surface area (Å²) in [6.07, 6.45) is 2.66.